The predicted molar refractivity (Wildman–Crippen MR) is 166 cm³/mol. The van der Waals surface area contributed by atoms with Crippen molar-refractivity contribution >= 4 is 16.9 Å². The average Bonchev–Trinajstić information content (AvgIpc) is 2.96. The van der Waals surface area contributed by atoms with E-state index in [0.29, 0.717) is 6.61 Å². The first kappa shape index (κ1) is 25.9. The minimum absolute atomic E-state index is 0.517. The largest absolute Gasteiger partial charge is 0.489 e. The van der Waals surface area contributed by atoms with Gasteiger partial charge in [-0.1, -0.05) is 91.9 Å². The Morgan fingerprint density at radius 1 is 0.590 bits per heavy atom. The van der Waals surface area contributed by atoms with E-state index in [2.05, 4.69) is 86.6 Å². The summed E-state index contributed by atoms with van der Waals surface area (Å²) in [7, 11) is 0. The van der Waals surface area contributed by atoms with Crippen LogP contribution in [0.4, 0.5) is 11.4 Å². The second-order valence-electron chi connectivity index (χ2n) is 9.84. The Morgan fingerprint density at radius 3 is 1.56 bits per heavy atom. The maximum absolute atomic E-state index is 6.29. The number of anilines is 2. The van der Waals surface area contributed by atoms with Crippen molar-refractivity contribution in [3.8, 4) is 28.0 Å². The number of aryl methyl sites for hydroxylation is 1. The lowest BCUT2D eigenvalue weighted by Gasteiger charge is -2.18. The lowest BCUT2D eigenvalue weighted by molar-refractivity contribution is 0.349. The van der Waals surface area contributed by atoms with Gasteiger partial charge in [0.15, 0.2) is 0 Å². The Balaban J connectivity index is 1.54. The molecule has 0 unspecified atom stereocenters. The van der Waals surface area contributed by atoms with E-state index in [1.54, 1.807) is 0 Å². The lowest BCUT2D eigenvalue weighted by Crippen LogP contribution is -2.05. The van der Waals surface area contributed by atoms with Gasteiger partial charge >= 0.3 is 0 Å². The van der Waals surface area contributed by atoms with Crippen LogP contribution in [0.2, 0.25) is 0 Å². The summed E-state index contributed by atoms with van der Waals surface area (Å²) in [4.78, 5) is 0. The van der Waals surface area contributed by atoms with E-state index in [-0.39, 0.29) is 0 Å². The van der Waals surface area contributed by atoms with Crippen LogP contribution >= 0.6 is 0 Å². The number of nitrogen functional groups attached to an aromatic ring is 2. The van der Waals surface area contributed by atoms with Gasteiger partial charge < -0.3 is 16.2 Å². The Hall–Kier alpha value is -4.76. The second-order valence-corrected chi connectivity index (χ2v) is 9.84. The summed E-state index contributed by atoms with van der Waals surface area (Å²) in [6.45, 7) is 4.79. The molecule has 0 fully saturated rings. The molecule has 0 aliphatic heterocycles. The monoisotopic (exact) mass is 510 g/mol. The summed E-state index contributed by atoms with van der Waals surface area (Å²) in [5.41, 5.74) is 24.0. The summed E-state index contributed by atoms with van der Waals surface area (Å²) in [5.74, 6) is 0.884. The number of hydrogen-bond acceptors (Lipinski definition) is 3. The first-order valence-electron chi connectivity index (χ1n) is 13.3. The molecule has 0 aliphatic rings. The lowest BCUT2D eigenvalue weighted by atomic mass is 9.90. The summed E-state index contributed by atoms with van der Waals surface area (Å²) in [6.07, 6.45) is 0.870. The minimum Gasteiger partial charge on any atom is -0.489 e. The zero-order valence-corrected chi connectivity index (χ0v) is 22.5. The van der Waals surface area contributed by atoms with Gasteiger partial charge in [0.2, 0.25) is 0 Å². The third-order valence-corrected chi connectivity index (χ3v) is 6.97. The Morgan fingerprint density at radius 2 is 1.10 bits per heavy atom. The molecule has 39 heavy (non-hydrogen) atoms. The number of hydrogen-bond donors (Lipinski definition) is 2. The van der Waals surface area contributed by atoms with Gasteiger partial charge in [0.25, 0.3) is 0 Å². The molecule has 0 saturated carbocycles. The normalized spacial score (nSPS) is 10.7. The molecular formula is C36H34N2O. The third kappa shape index (κ3) is 6.22. The second kappa shape index (κ2) is 11.7. The fourth-order valence-corrected chi connectivity index (χ4v) is 4.90. The fourth-order valence-electron chi connectivity index (χ4n) is 4.90. The maximum atomic E-state index is 6.29. The van der Waals surface area contributed by atoms with E-state index in [9.17, 15) is 0 Å². The van der Waals surface area contributed by atoms with Gasteiger partial charge in [-0.25, -0.2) is 0 Å². The molecule has 194 valence electrons. The molecule has 4 N–H and O–H groups in total. The quantitative estimate of drug-likeness (QED) is 0.205. The molecule has 0 saturated heterocycles. The highest BCUT2D eigenvalue weighted by Crippen LogP contribution is 2.33. The van der Waals surface area contributed by atoms with Crippen molar-refractivity contribution in [1.29, 1.82) is 0 Å². The SMILES string of the molecule is CCC(COc1cccc(C)c1)=C(c1ccc(-c2cccc(N)c2)cc1)c1ccc(-c2cccc(N)c2)cc1. The van der Waals surface area contributed by atoms with Crippen molar-refractivity contribution in [3.63, 3.8) is 0 Å². The molecule has 5 rings (SSSR count). The molecule has 3 heteroatoms. The number of nitrogens with two attached hydrogens (primary N) is 2. The summed E-state index contributed by atoms with van der Waals surface area (Å²) >= 11 is 0. The van der Waals surface area contributed by atoms with Gasteiger partial charge in [0, 0.05) is 11.4 Å². The molecule has 5 aromatic carbocycles. The van der Waals surface area contributed by atoms with Gasteiger partial charge in [-0.2, -0.15) is 0 Å². The van der Waals surface area contributed by atoms with Crippen molar-refractivity contribution in [3.05, 3.63) is 144 Å². The average molecular weight is 511 g/mol. The molecule has 5 aromatic rings. The van der Waals surface area contributed by atoms with Gasteiger partial charge in [0.05, 0.1) is 0 Å². The highest BCUT2D eigenvalue weighted by Gasteiger charge is 2.13. The molecule has 3 nitrogen and oxygen atoms in total. The molecule has 0 aromatic heterocycles. The Bertz CT molecular complexity index is 1510. The summed E-state index contributed by atoms with van der Waals surface area (Å²) in [6, 6.07) is 41.7. The van der Waals surface area contributed by atoms with E-state index in [1.807, 2.05) is 48.5 Å². The van der Waals surface area contributed by atoms with Crippen LogP contribution in [0.5, 0.6) is 5.75 Å². The van der Waals surface area contributed by atoms with Crippen molar-refractivity contribution < 1.29 is 4.74 Å². The van der Waals surface area contributed by atoms with E-state index >= 15 is 0 Å². The van der Waals surface area contributed by atoms with Gasteiger partial charge in [-0.15, -0.1) is 0 Å². The zero-order valence-electron chi connectivity index (χ0n) is 22.5. The number of rotatable bonds is 8. The fraction of sp³-hybridized carbons (Fsp3) is 0.111. The Labute approximate surface area is 231 Å². The first-order chi connectivity index (χ1) is 19.0. The standard InChI is InChI=1S/C36H34N2O/c1-3-26(24-39-35-12-4-7-25(2)21-35)36(29-17-13-27(14-18-29)31-8-5-10-33(37)22-31)30-19-15-28(16-20-30)32-9-6-11-34(38)23-32/h4-23H,3,24,37-38H2,1-2H3. The van der Waals surface area contributed by atoms with Crippen LogP contribution in [0.25, 0.3) is 27.8 Å². The number of ether oxygens (including phenoxy) is 1. The molecule has 0 spiro atoms. The van der Waals surface area contributed by atoms with Gasteiger partial charge in [-0.3, -0.25) is 0 Å². The first-order valence-corrected chi connectivity index (χ1v) is 13.3. The van der Waals surface area contributed by atoms with E-state index in [0.717, 1.165) is 56.9 Å². The van der Waals surface area contributed by atoms with Crippen LogP contribution in [0, 0.1) is 6.92 Å². The van der Waals surface area contributed by atoms with Crippen molar-refractivity contribution in [2.45, 2.75) is 20.3 Å². The highest BCUT2D eigenvalue weighted by molar-refractivity contribution is 5.84. The van der Waals surface area contributed by atoms with Crippen LogP contribution in [-0.2, 0) is 0 Å². The topological polar surface area (TPSA) is 61.3 Å². The number of benzene rings is 5. The van der Waals surface area contributed by atoms with Crippen molar-refractivity contribution in [2.24, 2.45) is 0 Å². The third-order valence-electron chi connectivity index (χ3n) is 6.97. The molecule has 0 atom stereocenters. The predicted octanol–water partition coefficient (Wildman–Crippen LogP) is 8.78. The highest BCUT2D eigenvalue weighted by atomic mass is 16.5. The molecule has 0 amide bonds. The van der Waals surface area contributed by atoms with Gasteiger partial charge in [-0.05, 0) is 99.8 Å². The van der Waals surface area contributed by atoms with Crippen LogP contribution in [0.1, 0.15) is 30.0 Å². The molecular weight excluding hydrogens is 476 g/mol. The molecule has 0 heterocycles. The van der Waals surface area contributed by atoms with E-state index in [1.165, 1.54) is 16.7 Å². The van der Waals surface area contributed by atoms with Crippen LogP contribution in [0.15, 0.2) is 127 Å². The van der Waals surface area contributed by atoms with Crippen LogP contribution in [0.3, 0.4) is 0 Å². The van der Waals surface area contributed by atoms with Crippen LogP contribution < -0.4 is 16.2 Å². The molecule has 0 bridgehead atoms. The Kier molecular flexibility index (Phi) is 7.79. The van der Waals surface area contributed by atoms with Gasteiger partial charge in [0.1, 0.15) is 12.4 Å². The molecule has 0 aliphatic carbocycles. The zero-order chi connectivity index (χ0) is 27.2. The molecule has 0 radical (unpaired) electrons. The van der Waals surface area contributed by atoms with E-state index in [4.69, 9.17) is 16.2 Å². The van der Waals surface area contributed by atoms with Crippen molar-refractivity contribution in [1.82, 2.24) is 0 Å². The van der Waals surface area contributed by atoms with Crippen molar-refractivity contribution in [2.75, 3.05) is 18.1 Å². The summed E-state index contributed by atoms with van der Waals surface area (Å²) < 4.78 is 6.29. The maximum Gasteiger partial charge on any atom is 0.120 e. The minimum atomic E-state index is 0.517. The smallest absolute Gasteiger partial charge is 0.120 e. The van der Waals surface area contributed by atoms with Crippen LogP contribution in [-0.4, -0.2) is 6.61 Å². The van der Waals surface area contributed by atoms with E-state index < -0.39 is 0 Å². The summed E-state index contributed by atoms with van der Waals surface area (Å²) in [5, 5.41) is 0.